The summed E-state index contributed by atoms with van der Waals surface area (Å²) in [7, 11) is 2.18. The molecule has 0 spiro atoms. The summed E-state index contributed by atoms with van der Waals surface area (Å²) in [4.78, 5) is 2.36. The Labute approximate surface area is 92.1 Å². The molecule has 0 saturated heterocycles. The lowest BCUT2D eigenvalue weighted by Crippen LogP contribution is -2.23. The molecular formula is C13H20N2. The summed E-state index contributed by atoms with van der Waals surface area (Å²) in [6, 6.07) is 6.59. The molecule has 0 aromatic heterocycles. The molecule has 2 unspecified atom stereocenters. The van der Waals surface area contributed by atoms with Gasteiger partial charge in [0.2, 0.25) is 0 Å². The lowest BCUT2D eigenvalue weighted by atomic mass is 9.88. The van der Waals surface area contributed by atoms with Crippen LogP contribution in [0.1, 0.15) is 24.0 Å². The molecule has 2 atom stereocenters. The van der Waals surface area contributed by atoms with Crippen LogP contribution in [0.5, 0.6) is 0 Å². The summed E-state index contributed by atoms with van der Waals surface area (Å²) in [6.07, 6.45) is 0. The Morgan fingerprint density at radius 1 is 1.53 bits per heavy atom. The first-order valence-corrected chi connectivity index (χ1v) is 5.66. The van der Waals surface area contributed by atoms with E-state index in [-0.39, 0.29) is 0 Å². The third kappa shape index (κ3) is 1.63. The van der Waals surface area contributed by atoms with Gasteiger partial charge in [0, 0.05) is 25.2 Å². The van der Waals surface area contributed by atoms with Crippen LogP contribution in [0.2, 0.25) is 0 Å². The number of aryl methyl sites for hydroxylation is 1. The zero-order valence-electron chi connectivity index (χ0n) is 9.83. The van der Waals surface area contributed by atoms with Crippen LogP contribution in [0.3, 0.4) is 0 Å². The van der Waals surface area contributed by atoms with Crippen molar-refractivity contribution in [2.24, 2.45) is 11.7 Å². The minimum absolute atomic E-state index is 0.565. The maximum absolute atomic E-state index is 5.77. The van der Waals surface area contributed by atoms with Crippen molar-refractivity contribution in [2.45, 2.75) is 19.8 Å². The number of hydrogen-bond acceptors (Lipinski definition) is 2. The van der Waals surface area contributed by atoms with Crippen LogP contribution in [0.25, 0.3) is 0 Å². The van der Waals surface area contributed by atoms with E-state index in [0.29, 0.717) is 11.8 Å². The van der Waals surface area contributed by atoms with Crippen LogP contribution < -0.4 is 10.6 Å². The van der Waals surface area contributed by atoms with Gasteiger partial charge in [0.25, 0.3) is 0 Å². The van der Waals surface area contributed by atoms with Crippen molar-refractivity contribution in [1.29, 1.82) is 0 Å². The second-order valence-corrected chi connectivity index (χ2v) is 4.71. The topological polar surface area (TPSA) is 29.3 Å². The van der Waals surface area contributed by atoms with Gasteiger partial charge in [-0.15, -0.1) is 0 Å². The van der Waals surface area contributed by atoms with E-state index in [9.17, 15) is 0 Å². The van der Waals surface area contributed by atoms with E-state index in [2.05, 4.69) is 44.0 Å². The molecule has 15 heavy (non-hydrogen) atoms. The minimum Gasteiger partial charge on any atom is -0.374 e. The summed E-state index contributed by atoms with van der Waals surface area (Å²) in [5.41, 5.74) is 10.1. The van der Waals surface area contributed by atoms with Gasteiger partial charge in [-0.05, 0) is 30.5 Å². The first-order valence-electron chi connectivity index (χ1n) is 5.66. The Bertz CT molecular complexity index is 360. The molecule has 1 heterocycles. The monoisotopic (exact) mass is 204 g/mol. The van der Waals surface area contributed by atoms with Gasteiger partial charge in [0.1, 0.15) is 0 Å². The third-order valence-corrected chi connectivity index (χ3v) is 3.58. The highest BCUT2D eigenvalue weighted by Gasteiger charge is 2.30. The summed E-state index contributed by atoms with van der Waals surface area (Å²) < 4.78 is 0. The van der Waals surface area contributed by atoms with Gasteiger partial charge in [0.15, 0.2) is 0 Å². The Morgan fingerprint density at radius 3 is 2.93 bits per heavy atom. The number of hydrogen-bond donors (Lipinski definition) is 1. The smallest absolute Gasteiger partial charge is 0.0429 e. The molecule has 2 heteroatoms. The highest BCUT2D eigenvalue weighted by Crippen LogP contribution is 2.40. The molecule has 0 amide bonds. The number of fused-ring (bicyclic) bond motifs is 1. The van der Waals surface area contributed by atoms with Crippen molar-refractivity contribution >= 4 is 5.69 Å². The van der Waals surface area contributed by atoms with E-state index >= 15 is 0 Å². The van der Waals surface area contributed by atoms with Crippen molar-refractivity contribution in [3.05, 3.63) is 29.3 Å². The van der Waals surface area contributed by atoms with Crippen LogP contribution in [0, 0.1) is 12.8 Å². The summed E-state index contributed by atoms with van der Waals surface area (Å²) in [6.45, 7) is 6.31. The first-order chi connectivity index (χ1) is 7.15. The van der Waals surface area contributed by atoms with E-state index in [1.165, 1.54) is 16.8 Å². The highest BCUT2D eigenvalue weighted by molar-refractivity contribution is 5.64. The van der Waals surface area contributed by atoms with Crippen molar-refractivity contribution < 1.29 is 0 Å². The van der Waals surface area contributed by atoms with Gasteiger partial charge in [0.05, 0.1) is 0 Å². The SMILES string of the molecule is Cc1cccc2c1N(C)CC2C(C)CN. The lowest BCUT2D eigenvalue weighted by Gasteiger charge is -2.18. The third-order valence-electron chi connectivity index (χ3n) is 3.58. The molecule has 1 aliphatic heterocycles. The standard InChI is InChI=1S/C13H20N2/c1-9-5-4-6-11-12(10(2)7-14)8-15(3)13(9)11/h4-6,10,12H,7-8,14H2,1-3H3. The summed E-state index contributed by atoms with van der Waals surface area (Å²) in [5.74, 6) is 1.17. The average molecular weight is 204 g/mol. The number of likely N-dealkylation sites (N-methyl/N-ethyl adjacent to an activating group) is 1. The number of rotatable bonds is 2. The molecule has 1 aromatic carbocycles. The van der Waals surface area contributed by atoms with Gasteiger partial charge < -0.3 is 10.6 Å². The van der Waals surface area contributed by atoms with Crippen molar-refractivity contribution in [3.63, 3.8) is 0 Å². The highest BCUT2D eigenvalue weighted by atomic mass is 15.1. The molecule has 2 N–H and O–H groups in total. The molecule has 0 saturated carbocycles. The average Bonchev–Trinajstić information content (AvgIpc) is 2.56. The molecule has 1 aromatic rings. The van der Waals surface area contributed by atoms with Crippen LogP contribution in [0.4, 0.5) is 5.69 Å². The number of anilines is 1. The largest absolute Gasteiger partial charge is 0.374 e. The lowest BCUT2D eigenvalue weighted by molar-refractivity contribution is 0.488. The normalized spacial score (nSPS) is 21.6. The molecule has 1 aliphatic rings. The number of nitrogens with two attached hydrogens (primary N) is 1. The fourth-order valence-electron chi connectivity index (χ4n) is 2.64. The van der Waals surface area contributed by atoms with Crippen LogP contribution in [-0.4, -0.2) is 20.1 Å². The molecule has 0 fully saturated rings. The van der Waals surface area contributed by atoms with E-state index in [1.54, 1.807) is 0 Å². The van der Waals surface area contributed by atoms with Crippen molar-refractivity contribution in [3.8, 4) is 0 Å². The van der Waals surface area contributed by atoms with Gasteiger partial charge in [-0.1, -0.05) is 25.1 Å². The van der Waals surface area contributed by atoms with Gasteiger partial charge in [-0.25, -0.2) is 0 Å². The van der Waals surface area contributed by atoms with Gasteiger partial charge in [-0.3, -0.25) is 0 Å². The second-order valence-electron chi connectivity index (χ2n) is 4.71. The Morgan fingerprint density at radius 2 is 2.27 bits per heavy atom. The number of benzene rings is 1. The Balaban J connectivity index is 2.42. The van der Waals surface area contributed by atoms with E-state index in [1.807, 2.05) is 0 Å². The molecular weight excluding hydrogens is 184 g/mol. The van der Waals surface area contributed by atoms with Gasteiger partial charge in [-0.2, -0.15) is 0 Å². The maximum atomic E-state index is 5.77. The summed E-state index contributed by atoms with van der Waals surface area (Å²) in [5, 5.41) is 0. The van der Waals surface area contributed by atoms with Crippen LogP contribution in [-0.2, 0) is 0 Å². The van der Waals surface area contributed by atoms with Crippen molar-refractivity contribution in [1.82, 2.24) is 0 Å². The Hall–Kier alpha value is -1.02. The zero-order chi connectivity index (χ0) is 11.0. The van der Waals surface area contributed by atoms with E-state index in [4.69, 9.17) is 5.73 Å². The molecule has 82 valence electrons. The molecule has 0 bridgehead atoms. The van der Waals surface area contributed by atoms with Crippen LogP contribution in [0.15, 0.2) is 18.2 Å². The van der Waals surface area contributed by atoms with Crippen molar-refractivity contribution in [2.75, 3.05) is 25.0 Å². The predicted octanol–water partition coefficient (Wildman–Crippen LogP) is 2.12. The van der Waals surface area contributed by atoms with Gasteiger partial charge >= 0.3 is 0 Å². The zero-order valence-corrected chi connectivity index (χ0v) is 9.83. The van der Waals surface area contributed by atoms with Crippen LogP contribution >= 0.6 is 0 Å². The fourth-order valence-corrected chi connectivity index (χ4v) is 2.64. The van der Waals surface area contributed by atoms with E-state index < -0.39 is 0 Å². The molecule has 2 nitrogen and oxygen atoms in total. The minimum atomic E-state index is 0.565. The molecule has 0 radical (unpaired) electrons. The second kappa shape index (κ2) is 3.86. The fraction of sp³-hybridized carbons (Fsp3) is 0.538. The number of nitrogens with zero attached hydrogens (tertiary/aromatic N) is 1. The maximum Gasteiger partial charge on any atom is 0.0429 e. The summed E-state index contributed by atoms with van der Waals surface area (Å²) >= 11 is 0. The quantitative estimate of drug-likeness (QED) is 0.799. The molecule has 2 rings (SSSR count). The number of para-hydroxylation sites is 1. The predicted molar refractivity (Wildman–Crippen MR) is 65.4 cm³/mol. The van der Waals surface area contributed by atoms with E-state index in [0.717, 1.165) is 13.1 Å². The Kier molecular flexibility index (Phi) is 2.70. The first kappa shape index (κ1) is 10.5. The molecule has 0 aliphatic carbocycles.